The first kappa shape index (κ1) is 42.7. The number of hydrogen-bond donors (Lipinski definition) is 2. The normalized spacial score (nSPS) is 16.1. The van der Waals surface area contributed by atoms with Crippen molar-refractivity contribution >= 4 is 35.9 Å². The smallest absolute Gasteiger partial charge is 0.410 e. The Hall–Kier alpha value is -5.08. The zero-order valence-electron chi connectivity index (χ0n) is 33.3. The molecule has 2 N–H and O–H groups in total. The van der Waals surface area contributed by atoms with Gasteiger partial charge in [0.1, 0.15) is 11.2 Å². The molecule has 4 rings (SSSR count). The Morgan fingerprint density at radius 3 is 1.25 bits per heavy atom. The molecule has 2 aromatic carbocycles. The molecular weight excluding hydrogens is 708 g/mol. The third kappa shape index (κ3) is 13.0. The lowest BCUT2D eigenvalue weighted by Gasteiger charge is -2.35. The highest BCUT2D eigenvalue weighted by atomic mass is 16.6. The van der Waals surface area contributed by atoms with Crippen molar-refractivity contribution in [1.29, 1.82) is 0 Å². The van der Waals surface area contributed by atoms with Crippen molar-refractivity contribution in [2.45, 2.75) is 72.3 Å². The maximum Gasteiger partial charge on any atom is 0.410 e. The van der Waals surface area contributed by atoms with Crippen LogP contribution in [0.2, 0.25) is 0 Å². The Kier molecular flexibility index (Phi) is 14.4. The van der Waals surface area contributed by atoms with Crippen LogP contribution in [0.25, 0.3) is 12.2 Å². The molecule has 2 aromatic rings. The van der Waals surface area contributed by atoms with Crippen LogP contribution in [0.5, 0.6) is 23.0 Å². The molecule has 300 valence electrons. The number of ketones is 2. The highest BCUT2D eigenvalue weighted by Gasteiger charge is 2.28. The van der Waals surface area contributed by atoms with Gasteiger partial charge in [-0.2, -0.15) is 0 Å². The average Bonchev–Trinajstić information content (AvgIpc) is 3.11. The molecule has 0 atom stereocenters. The van der Waals surface area contributed by atoms with E-state index in [1.807, 2.05) is 41.5 Å². The Morgan fingerprint density at radius 2 is 0.945 bits per heavy atom. The lowest BCUT2D eigenvalue weighted by molar-refractivity contribution is -0.121. The van der Waals surface area contributed by atoms with Crippen molar-refractivity contribution in [2.24, 2.45) is 0 Å². The van der Waals surface area contributed by atoms with Crippen LogP contribution in [-0.4, -0.2) is 131 Å². The zero-order chi connectivity index (χ0) is 40.5. The minimum absolute atomic E-state index is 0.00403. The van der Waals surface area contributed by atoms with Gasteiger partial charge in [-0.25, -0.2) is 9.59 Å². The molecule has 2 aliphatic heterocycles. The predicted molar refractivity (Wildman–Crippen MR) is 208 cm³/mol. The van der Waals surface area contributed by atoms with Crippen molar-refractivity contribution in [3.05, 3.63) is 58.7 Å². The monoisotopic (exact) mass is 764 g/mol. The summed E-state index contributed by atoms with van der Waals surface area (Å²) in [5.41, 5.74) is 1.28. The number of methoxy groups -OCH3 is 2. The molecule has 0 bridgehead atoms. The number of carbonyl (C=O) groups is 4. The summed E-state index contributed by atoms with van der Waals surface area (Å²) in [7, 11) is 2.90. The summed E-state index contributed by atoms with van der Waals surface area (Å²) >= 11 is 0. The topological polar surface area (TPSA) is 159 Å². The maximum atomic E-state index is 12.8. The number of piperazine rings is 2. The molecule has 14 heteroatoms. The lowest BCUT2D eigenvalue weighted by atomic mass is 10.0. The number of amides is 2. The number of rotatable bonds is 12. The molecule has 2 aliphatic rings. The molecule has 0 aromatic heterocycles. The second kappa shape index (κ2) is 18.5. The summed E-state index contributed by atoms with van der Waals surface area (Å²) < 4.78 is 21.7. The first-order chi connectivity index (χ1) is 25.8. The Balaban J connectivity index is 1.34. The van der Waals surface area contributed by atoms with Crippen LogP contribution < -0.4 is 9.47 Å². The quantitative estimate of drug-likeness (QED) is 0.208. The number of nitrogens with zero attached hydrogens (tertiary/aromatic N) is 4. The van der Waals surface area contributed by atoms with Gasteiger partial charge >= 0.3 is 12.2 Å². The summed E-state index contributed by atoms with van der Waals surface area (Å²) in [6.45, 7) is 16.1. The van der Waals surface area contributed by atoms with Crippen molar-refractivity contribution in [3.8, 4) is 23.0 Å². The average molecular weight is 765 g/mol. The van der Waals surface area contributed by atoms with Crippen molar-refractivity contribution in [1.82, 2.24) is 19.6 Å². The number of aromatic hydroxyl groups is 2. The van der Waals surface area contributed by atoms with Gasteiger partial charge < -0.3 is 39.0 Å². The third-order valence-electron chi connectivity index (χ3n) is 8.90. The third-order valence-corrected chi connectivity index (χ3v) is 8.90. The summed E-state index contributed by atoms with van der Waals surface area (Å²) in [5, 5.41) is 21.7. The molecule has 2 fully saturated rings. The minimum atomic E-state index is -0.574. The van der Waals surface area contributed by atoms with Gasteiger partial charge in [0.05, 0.1) is 20.6 Å². The fraction of sp³-hybridized carbons (Fsp3) is 0.512. The Labute approximate surface area is 323 Å². The summed E-state index contributed by atoms with van der Waals surface area (Å²) in [4.78, 5) is 58.1. The fourth-order valence-corrected chi connectivity index (χ4v) is 6.10. The standard InChI is InChI=1S/C41H56N4O10/c1-40(2,3)54-38(50)44-17-13-42(14-18-44)26-30-21-28(23-34(52-7)36(30)48)9-11-32(46)25-33(47)12-10-29-22-31(37(49)35(24-29)53-8)27-43-15-19-45(20-16-43)39(51)55-41(4,5)6/h9-12,21-24,48-49H,13-20,25-27H2,1-8H3/b11-9+,12-10+. The largest absolute Gasteiger partial charge is 0.504 e. The second-order valence-corrected chi connectivity index (χ2v) is 15.7. The molecular formula is C41H56N4O10. The van der Waals surface area contributed by atoms with E-state index >= 15 is 0 Å². The maximum absolute atomic E-state index is 12.8. The van der Waals surface area contributed by atoms with Gasteiger partial charge in [0, 0.05) is 76.6 Å². The lowest BCUT2D eigenvalue weighted by Crippen LogP contribution is -2.49. The number of carbonyl (C=O) groups excluding carboxylic acids is 4. The van der Waals surface area contributed by atoms with Crippen LogP contribution in [0, 0.1) is 0 Å². The molecule has 0 spiro atoms. The van der Waals surface area contributed by atoms with E-state index in [0.717, 1.165) is 0 Å². The Bertz CT molecular complexity index is 1630. The number of benzene rings is 2. The van der Waals surface area contributed by atoms with Crippen LogP contribution in [0.15, 0.2) is 36.4 Å². The van der Waals surface area contributed by atoms with Gasteiger partial charge in [-0.1, -0.05) is 12.2 Å². The number of phenolic OH excluding ortho intramolecular Hbond substituents is 2. The molecule has 0 saturated carbocycles. The van der Waals surface area contributed by atoms with Gasteiger partial charge in [-0.15, -0.1) is 0 Å². The number of allylic oxidation sites excluding steroid dienone is 2. The highest BCUT2D eigenvalue weighted by molar-refractivity contribution is 6.11. The van der Waals surface area contributed by atoms with Crippen LogP contribution in [-0.2, 0) is 32.2 Å². The Morgan fingerprint density at radius 1 is 0.600 bits per heavy atom. The number of hydrogen-bond acceptors (Lipinski definition) is 12. The van der Waals surface area contributed by atoms with E-state index in [1.165, 1.54) is 26.4 Å². The molecule has 55 heavy (non-hydrogen) atoms. The molecule has 2 amide bonds. The minimum Gasteiger partial charge on any atom is -0.504 e. The van der Waals surface area contributed by atoms with Gasteiger partial charge in [0.2, 0.25) is 0 Å². The molecule has 0 aliphatic carbocycles. The first-order valence-electron chi connectivity index (χ1n) is 18.5. The van der Waals surface area contributed by atoms with Gasteiger partial charge in [0.25, 0.3) is 0 Å². The molecule has 0 unspecified atom stereocenters. The molecule has 14 nitrogen and oxygen atoms in total. The van der Waals surface area contributed by atoms with Gasteiger partial charge in [-0.05, 0) is 89.1 Å². The van der Waals surface area contributed by atoms with Crippen LogP contribution in [0.3, 0.4) is 0 Å². The molecule has 0 radical (unpaired) electrons. The van der Waals surface area contributed by atoms with E-state index in [-0.39, 0.29) is 41.6 Å². The van der Waals surface area contributed by atoms with E-state index in [9.17, 15) is 29.4 Å². The van der Waals surface area contributed by atoms with E-state index in [0.29, 0.717) is 87.7 Å². The van der Waals surface area contributed by atoms with Crippen LogP contribution in [0.1, 0.15) is 70.2 Å². The SMILES string of the molecule is COc1cc(/C=C/C(=O)CC(=O)/C=C/c2cc(CN3CCN(C(=O)OC(C)(C)C)CC3)c(O)c(OC)c2)cc(CN2CCN(C(=O)OC(C)(C)C)CC2)c1O. The zero-order valence-corrected chi connectivity index (χ0v) is 33.3. The van der Waals surface area contributed by atoms with E-state index in [1.54, 1.807) is 46.2 Å². The first-order valence-corrected chi connectivity index (χ1v) is 18.5. The van der Waals surface area contributed by atoms with Crippen molar-refractivity contribution in [3.63, 3.8) is 0 Å². The number of phenols is 2. The van der Waals surface area contributed by atoms with Crippen molar-refractivity contribution in [2.75, 3.05) is 66.6 Å². The highest BCUT2D eigenvalue weighted by Crippen LogP contribution is 2.34. The van der Waals surface area contributed by atoms with Gasteiger partial charge in [0.15, 0.2) is 34.6 Å². The van der Waals surface area contributed by atoms with Crippen LogP contribution in [0.4, 0.5) is 9.59 Å². The molecule has 2 heterocycles. The second-order valence-electron chi connectivity index (χ2n) is 15.7. The van der Waals surface area contributed by atoms with Gasteiger partial charge in [-0.3, -0.25) is 19.4 Å². The summed E-state index contributed by atoms with van der Waals surface area (Å²) in [6.07, 6.45) is 4.75. The molecule has 2 saturated heterocycles. The van der Waals surface area contributed by atoms with E-state index in [2.05, 4.69) is 9.80 Å². The summed E-state index contributed by atoms with van der Waals surface area (Å²) in [6, 6.07) is 6.75. The van der Waals surface area contributed by atoms with Crippen LogP contribution >= 0.6 is 0 Å². The predicted octanol–water partition coefficient (Wildman–Crippen LogP) is 5.48. The summed E-state index contributed by atoms with van der Waals surface area (Å²) in [5.74, 6) is -0.316. The van der Waals surface area contributed by atoms with E-state index in [4.69, 9.17) is 18.9 Å². The number of ether oxygens (including phenoxy) is 4. The van der Waals surface area contributed by atoms with E-state index < -0.39 is 22.8 Å². The fourth-order valence-electron chi connectivity index (χ4n) is 6.10. The van der Waals surface area contributed by atoms with Crippen molar-refractivity contribution < 1.29 is 48.3 Å².